The zero-order valence-electron chi connectivity index (χ0n) is 9.26. The molecule has 0 spiro atoms. The summed E-state index contributed by atoms with van der Waals surface area (Å²) in [7, 11) is 0. The van der Waals surface area contributed by atoms with Crippen LogP contribution in [0, 0.1) is 0 Å². The highest BCUT2D eigenvalue weighted by molar-refractivity contribution is 4.82. The standard InChI is InChI=1S/C11H23N3/c1-10-9-14(7-3-6-13-10)11-4-2-5-12-8-11/h10-13H,2-9H2,1H3. The summed E-state index contributed by atoms with van der Waals surface area (Å²) in [4.78, 5) is 2.68. The first kappa shape index (κ1) is 10.4. The van der Waals surface area contributed by atoms with E-state index in [1.807, 2.05) is 0 Å². The molecule has 82 valence electrons. The van der Waals surface area contributed by atoms with E-state index in [4.69, 9.17) is 0 Å². The average molecular weight is 197 g/mol. The summed E-state index contributed by atoms with van der Waals surface area (Å²) < 4.78 is 0. The van der Waals surface area contributed by atoms with Crippen molar-refractivity contribution in [3.8, 4) is 0 Å². The van der Waals surface area contributed by atoms with E-state index < -0.39 is 0 Å². The largest absolute Gasteiger partial charge is 0.315 e. The van der Waals surface area contributed by atoms with Crippen molar-refractivity contribution >= 4 is 0 Å². The fraction of sp³-hybridized carbons (Fsp3) is 1.00. The van der Waals surface area contributed by atoms with Crippen molar-refractivity contribution in [2.24, 2.45) is 0 Å². The highest BCUT2D eigenvalue weighted by atomic mass is 15.2. The summed E-state index contributed by atoms with van der Waals surface area (Å²) in [6.45, 7) is 8.42. The predicted molar refractivity (Wildman–Crippen MR) is 59.5 cm³/mol. The highest BCUT2D eigenvalue weighted by Gasteiger charge is 2.23. The molecule has 14 heavy (non-hydrogen) atoms. The van der Waals surface area contributed by atoms with E-state index in [1.54, 1.807) is 0 Å². The molecule has 0 saturated carbocycles. The lowest BCUT2D eigenvalue weighted by molar-refractivity contribution is 0.166. The number of rotatable bonds is 1. The van der Waals surface area contributed by atoms with E-state index in [9.17, 15) is 0 Å². The van der Waals surface area contributed by atoms with Crippen LogP contribution >= 0.6 is 0 Å². The number of hydrogen-bond acceptors (Lipinski definition) is 3. The van der Waals surface area contributed by atoms with Crippen LogP contribution in [0.25, 0.3) is 0 Å². The van der Waals surface area contributed by atoms with Crippen LogP contribution in [0.1, 0.15) is 26.2 Å². The molecule has 0 aromatic heterocycles. The first-order chi connectivity index (χ1) is 6.86. The molecule has 0 aliphatic carbocycles. The Morgan fingerprint density at radius 2 is 2.14 bits per heavy atom. The third kappa shape index (κ3) is 2.69. The van der Waals surface area contributed by atoms with E-state index >= 15 is 0 Å². The molecule has 0 amide bonds. The molecule has 0 aromatic rings. The second kappa shape index (κ2) is 5.10. The Bertz CT molecular complexity index is 166. The van der Waals surface area contributed by atoms with Crippen LogP contribution in [0.15, 0.2) is 0 Å². The molecule has 2 aliphatic rings. The van der Waals surface area contributed by atoms with Crippen molar-refractivity contribution in [3.63, 3.8) is 0 Å². The molecule has 0 radical (unpaired) electrons. The van der Waals surface area contributed by atoms with Gasteiger partial charge in [-0.1, -0.05) is 0 Å². The van der Waals surface area contributed by atoms with Crippen molar-refractivity contribution in [1.82, 2.24) is 15.5 Å². The van der Waals surface area contributed by atoms with Crippen molar-refractivity contribution in [1.29, 1.82) is 0 Å². The summed E-state index contributed by atoms with van der Waals surface area (Å²) >= 11 is 0. The zero-order chi connectivity index (χ0) is 9.80. The Labute approximate surface area is 87.2 Å². The summed E-state index contributed by atoms with van der Waals surface area (Å²) in [5.41, 5.74) is 0. The topological polar surface area (TPSA) is 27.3 Å². The van der Waals surface area contributed by atoms with Crippen LogP contribution in [0.3, 0.4) is 0 Å². The first-order valence-corrected chi connectivity index (χ1v) is 6.04. The fourth-order valence-electron chi connectivity index (χ4n) is 2.61. The minimum absolute atomic E-state index is 0.666. The van der Waals surface area contributed by atoms with Gasteiger partial charge in [0.15, 0.2) is 0 Å². The number of hydrogen-bond donors (Lipinski definition) is 2. The maximum Gasteiger partial charge on any atom is 0.0221 e. The Balaban J connectivity index is 1.87. The average Bonchev–Trinajstić information content (AvgIpc) is 2.44. The third-order valence-corrected chi connectivity index (χ3v) is 3.41. The SMILES string of the molecule is CC1CN(C2CCCNC2)CCCN1. The van der Waals surface area contributed by atoms with Crippen LogP contribution in [0.2, 0.25) is 0 Å². The van der Waals surface area contributed by atoms with Crippen LogP contribution in [0.4, 0.5) is 0 Å². The van der Waals surface area contributed by atoms with Gasteiger partial charge in [0.1, 0.15) is 0 Å². The van der Waals surface area contributed by atoms with E-state index in [2.05, 4.69) is 22.5 Å². The Hall–Kier alpha value is -0.120. The molecule has 2 atom stereocenters. The molecule has 2 heterocycles. The minimum atomic E-state index is 0.666. The molecule has 2 aliphatic heterocycles. The van der Waals surface area contributed by atoms with Gasteiger partial charge in [-0.2, -0.15) is 0 Å². The lowest BCUT2D eigenvalue weighted by Gasteiger charge is -2.34. The maximum absolute atomic E-state index is 3.55. The molecular weight excluding hydrogens is 174 g/mol. The van der Waals surface area contributed by atoms with Gasteiger partial charge in [-0.3, -0.25) is 4.90 Å². The van der Waals surface area contributed by atoms with E-state index in [0.717, 1.165) is 6.04 Å². The van der Waals surface area contributed by atoms with Crippen LogP contribution < -0.4 is 10.6 Å². The molecular formula is C11H23N3. The lowest BCUT2D eigenvalue weighted by Crippen LogP contribution is -2.48. The molecule has 2 fully saturated rings. The summed E-state index contributed by atoms with van der Waals surface area (Å²) in [6, 6.07) is 1.46. The van der Waals surface area contributed by atoms with Crippen LogP contribution in [-0.4, -0.2) is 49.7 Å². The molecule has 2 rings (SSSR count). The van der Waals surface area contributed by atoms with Crippen LogP contribution in [-0.2, 0) is 0 Å². The van der Waals surface area contributed by atoms with Gasteiger partial charge < -0.3 is 10.6 Å². The molecule has 2 unspecified atom stereocenters. The van der Waals surface area contributed by atoms with Gasteiger partial charge in [0.2, 0.25) is 0 Å². The van der Waals surface area contributed by atoms with Gasteiger partial charge in [0, 0.05) is 25.2 Å². The smallest absolute Gasteiger partial charge is 0.0221 e. The van der Waals surface area contributed by atoms with Gasteiger partial charge in [-0.15, -0.1) is 0 Å². The van der Waals surface area contributed by atoms with E-state index in [1.165, 1.54) is 52.0 Å². The fourth-order valence-corrected chi connectivity index (χ4v) is 2.61. The highest BCUT2D eigenvalue weighted by Crippen LogP contribution is 2.12. The zero-order valence-corrected chi connectivity index (χ0v) is 9.26. The third-order valence-electron chi connectivity index (χ3n) is 3.41. The number of nitrogens with one attached hydrogen (secondary N) is 2. The van der Waals surface area contributed by atoms with Crippen LogP contribution in [0.5, 0.6) is 0 Å². The Morgan fingerprint density at radius 3 is 2.93 bits per heavy atom. The summed E-state index contributed by atoms with van der Waals surface area (Å²) in [5.74, 6) is 0. The van der Waals surface area contributed by atoms with E-state index in [-0.39, 0.29) is 0 Å². The van der Waals surface area contributed by atoms with Crippen molar-refractivity contribution in [3.05, 3.63) is 0 Å². The maximum atomic E-state index is 3.55. The molecule has 2 saturated heterocycles. The second-order valence-corrected chi connectivity index (χ2v) is 4.70. The van der Waals surface area contributed by atoms with Gasteiger partial charge in [0.05, 0.1) is 0 Å². The van der Waals surface area contributed by atoms with Gasteiger partial charge in [-0.25, -0.2) is 0 Å². The molecule has 3 nitrogen and oxygen atoms in total. The molecule has 0 aromatic carbocycles. The van der Waals surface area contributed by atoms with Gasteiger partial charge >= 0.3 is 0 Å². The van der Waals surface area contributed by atoms with Crippen molar-refractivity contribution in [2.75, 3.05) is 32.7 Å². The Morgan fingerprint density at radius 1 is 1.21 bits per heavy atom. The summed E-state index contributed by atoms with van der Waals surface area (Å²) in [5, 5.41) is 7.06. The quantitative estimate of drug-likeness (QED) is 0.638. The molecule has 2 N–H and O–H groups in total. The van der Waals surface area contributed by atoms with Crippen molar-refractivity contribution in [2.45, 2.75) is 38.3 Å². The lowest BCUT2D eigenvalue weighted by atomic mass is 10.1. The normalized spacial score (nSPS) is 36.6. The van der Waals surface area contributed by atoms with Crippen molar-refractivity contribution < 1.29 is 0 Å². The van der Waals surface area contributed by atoms with E-state index in [0.29, 0.717) is 6.04 Å². The monoisotopic (exact) mass is 197 g/mol. The predicted octanol–water partition coefficient (Wildman–Crippen LogP) is 0.422. The minimum Gasteiger partial charge on any atom is -0.315 e. The Kier molecular flexibility index (Phi) is 3.79. The number of nitrogens with zero attached hydrogens (tertiary/aromatic N) is 1. The second-order valence-electron chi connectivity index (χ2n) is 4.70. The molecule has 0 bridgehead atoms. The first-order valence-electron chi connectivity index (χ1n) is 6.04. The summed E-state index contributed by atoms with van der Waals surface area (Å²) in [6.07, 6.45) is 4.05. The molecule has 3 heteroatoms. The number of piperidine rings is 1. The van der Waals surface area contributed by atoms with Gasteiger partial charge in [0.25, 0.3) is 0 Å². The van der Waals surface area contributed by atoms with Gasteiger partial charge in [-0.05, 0) is 45.8 Å².